The van der Waals surface area contributed by atoms with Crippen molar-refractivity contribution in [2.24, 2.45) is 0 Å². The standard InChI is InChI=1S/C26H27N3O9S2/c1-35-21-14-19(20(15-22(21)36-2)28-25(31)23-4-3-13-39-23)26(32)38-16-24(30)27-17-5-7-18(8-6-17)40(33,34)29-9-11-37-12-10-29/h3-8,13-15H,9-12,16H2,1-2H3,(H,27,30)(H,28,31). The van der Waals surface area contributed by atoms with E-state index in [4.69, 9.17) is 18.9 Å². The van der Waals surface area contributed by atoms with E-state index < -0.39 is 34.4 Å². The Labute approximate surface area is 234 Å². The Bertz CT molecular complexity index is 1470. The highest BCUT2D eigenvalue weighted by molar-refractivity contribution is 7.89. The van der Waals surface area contributed by atoms with Gasteiger partial charge in [0.05, 0.1) is 48.5 Å². The Hall–Kier alpha value is -3.98. The summed E-state index contributed by atoms with van der Waals surface area (Å²) in [5.41, 5.74) is 0.378. The monoisotopic (exact) mass is 589 g/mol. The van der Waals surface area contributed by atoms with E-state index in [1.54, 1.807) is 17.5 Å². The van der Waals surface area contributed by atoms with Gasteiger partial charge in [-0.2, -0.15) is 4.31 Å². The van der Waals surface area contributed by atoms with E-state index in [1.165, 1.54) is 66.3 Å². The summed E-state index contributed by atoms with van der Waals surface area (Å²) in [4.78, 5) is 38.5. The zero-order valence-electron chi connectivity index (χ0n) is 21.7. The largest absolute Gasteiger partial charge is 0.493 e. The third-order valence-electron chi connectivity index (χ3n) is 5.82. The SMILES string of the molecule is COc1cc(NC(=O)c2cccs2)c(C(=O)OCC(=O)Nc2ccc(S(=O)(=O)N3CCOCC3)cc2)cc1OC. The quantitative estimate of drug-likeness (QED) is 0.340. The van der Waals surface area contributed by atoms with Gasteiger partial charge in [-0.1, -0.05) is 6.07 Å². The molecule has 1 aliphatic rings. The molecule has 0 spiro atoms. The number of benzene rings is 2. The van der Waals surface area contributed by atoms with E-state index in [0.29, 0.717) is 23.8 Å². The first-order chi connectivity index (χ1) is 19.2. The molecule has 2 aromatic carbocycles. The second kappa shape index (κ2) is 12.9. The van der Waals surface area contributed by atoms with E-state index in [0.717, 1.165) is 0 Å². The third-order valence-corrected chi connectivity index (χ3v) is 8.60. The van der Waals surface area contributed by atoms with Crippen LogP contribution in [-0.4, -0.2) is 77.6 Å². The number of rotatable bonds is 10. The summed E-state index contributed by atoms with van der Waals surface area (Å²) in [5, 5.41) is 6.96. The molecule has 1 aliphatic heterocycles. The van der Waals surface area contributed by atoms with Gasteiger partial charge in [0.2, 0.25) is 10.0 Å². The fraction of sp³-hybridized carbons (Fsp3) is 0.269. The van der Waals surface area contributed by atoms with Crippen LogP contribution in [0.1, 0.15) is 20.0 Å². The molecular formula is C26H27N3O9S2. The van der Waals surface area contributed by atoms with Crippen molar-refractivity contribution >= 4 is 50.5 Å². The predicted octanol–water partition coefficient (Wildman–Crippen LogP) is 2.83. The molecule has 2 heterocycles. The molecule has 4 rings (SSSR count). The van der Waals surface area contributed by atoms with Crippen LogP contribution in [0, 0.1) is 0 Å². The smallest absolute Gasteiger partial charge is 0.340 e. The molecule has 12 nitrogen and oxygen atoms in total. The zero-order valence-corrected chi connectivity index (χ0v) is 23.3. The number of carbonyl (C=O) groups is 3. The van der Waals surface area contributed by atoms with Crippen molar-refractivity contribution in [3.05, 3.63) is 64.4 Å². The van der Waals surface area contributed by atoms with Crippen molar-refractivity contribution in [2.45, 2.75) is 4.90 Å². The maximum atomic E-state index is 12.9. The number of nitrogens with zero attached hydrogens (tertiary/aromatic N) is 1. The molecule has 212 valence electrons. The number of nitrogens with one attached hydrogen (secondary N) is 2. The van der Waals surface area contributed by atoms with E-state index in [2.05, 4.69) is 10.6 Å². The highest BCUT2D eigenvalue weighted by Gasteiger charge is 2.26. The minimum absolute atomic E-state index is 0.0481. The molecule has 1 fully saturated rings. The predicted molar refractivity (Wildman–Crippen MR) is 147 cm³/mol. The summed E-state index contributed by atoms with van der Waals surface area (Å²) in [6.07, 6.45) is 0. The highest BCUT2D eigenvalue weighted by Crippen LogP contribution is 2.34. The fourth-order valence-corrected chi connectivity index (χ4v) is 5.82. The molecule has 2 N–H and O–H groups in total. The van der Waals surface area contributed by atoms with Crippen LogP contribution in [0.15, 0.2) is 58.8 Å². The Balaban J connectivity index is 1.41. The number of ether oxygens (including phenoxy) is 4. The number of hydrogen-bond acceptors (Lipinski definition) is 10. The number of esters is 1. The summed E-state index contributed by atoms with van der Waals surface area (Å²) in [5.74, 6) is -1.48. The Morgan fingerprint density at radius 1 is 0.975 bits per heavy atom. The van der Waals surface area contributed by atoms with Crippen LogP contribution in [0.4, 0.5) is 11.4 Å². The molecule has 0 unspecified atom stereocenters. The fourth-order valence-electron chi connectivity index (χ4n) is 3.80. The van der Waals surface area contributed by atoms with Gasteiger partial charge >= 0.3 is 5.97 Å². The second-order valence-electron chi connectivity index (χ2n) is 8.35. The second-order valence-corrected chi connectivity index (χ2v) is 11.2. The van der Waals surface area contributed by atoms with Gasteiger partial charge in [-0.25, -0.2) is 13.2 Å². The number of sulfonamides is 1. The number of carbonyl (C=O) groups excluding carboxylic acids is 3. The normalized spacial score (nSPS) is 13.8. The van der Waals surface area contributed by atoms with Gasteiger partial charge in [0.15, 0.2) is 18.1 Å². The van der Waals surface area contributed by atoms with Crippen LogP contribution in [0.5, 0.6) is 11.5 Å². The van der Waals surface area contributed by atoms with Crippen molar-refractivity contribution in [3.8, 4) is 11.5 Å². The first kappa shape index (κ1) is 29.0. The van der Waals surface area contributed by atoms with E-state index >= 15 is 0 Å². The summed E-state index contributed by atoms with van der Waals surface area (Å²) < 4.78 is 47.8. The molecule has 1 saturated heterocycles. The van der Waals surface area contributed by atoms with Crippen molar-refractivity contribution in [2.75, 3.05) is 57.8 Å². The summed E-state index contributed by atoms with van der Waals surface area (Å²) >= 11 is 1.23. The van der Waals surface area contributed by atoms with Gasteiger partial charge in [-0.3, -0.25) is 9.59 Å². The van der Waals surface area contributed by atoms with Crippen LogP contribution < -0.4 is 20.1 Å². The first-order valence-corrected chi connectivity index (χ1v) is 14.3. The molecule has 0 radical (unpaired) electrons. The van der Waals surface area contributed by atoms with Crippen molar-refractivity contribution in [1.29, 1.82) is 0 Å². The summed E-state index contributed by atoms with van der Waals surface area (Å²) in [7, 11) is -0.872. The minimum atomic E-state index is -3.67. The van der Waals surface area contributed by atoms with Crippen LogP contribution in [0.25, 0.3) is 0 Å². The number of hydrogen-bond donors (Lipinski definition) is 2. The van der Waals surface area contributed by atoms with Crippen LogP contribution in [-0.2, 0) is 24.3 Å². The Morgan fingerprint density at radius 3 is 2.27 bits per heavy atom. The van der Waals surface area contributed by atoms with E-state index in [-0.39, 0.29) is 40.7 Å². The number of morpholine rings is 1. The topological polar surface area (TPSA) is 150 Å². The molecular weight excluding hydrogens is 562 g/mol. The molecule has 3 aromatic rings. The molecule has 0 atom stereocenters. The lowest BCUT2D eigenvalue weighted by atomic mass is 10.1. The molecule has 14 heteroatoms. The van der Waals surface area contributed by atoms with Gasteiger partial charge in [-0.05, 0) is 35.7 Å². The van der Waals surface area contributed by atoms with Gasteiger partial charge in [-0.15, -0.1) is 11.3 Å². The van der Waals surface area contributed by atoms with Crippen molar-refractivity contribution < 1.29 is 41.7 Å². The first-order valence-electron chi connectivity index (χ1n) is 12.0. The number of amides is 2. The average molecular weight is 590 g/mol. The van der Waals surface area contributed by atoms with Crippen molar-refractivity contribution in [1.82, 2.24) is 4.31 Å². The van der Waals surface area contributed by atoms with E-state index in [1.807, 2.05) is 0 Å². The molecule has 0 aliphatic carbocycles. The maximum Gasteiger partial charge on any atom is 0.340 e. The molecule has 2 amide bonds. The molecule has 0 saturated carbocycles. The highest BCUT2D eigenvalue weighted by atomic mass is 32.2. The maximum absolute atomic E-state index is 12.9. The minimum Gasteiger partial charge on any atom is -0.493 e. The Morgan fingerprint density at radius 2 is 1.65 bits per heavy atom. The lowest BCUT2D eigenvalue weighted by Gasteiger charge is -2.26. The molecule has 40 heavy (non-hydrogen) atoms. The van der Waals surface area contributed by atoms with Gasteiger partial charge in [0.25, 0.3) is 11.8 Å². The van der Waals surface area contributed by atoms with Gasteiger partial charge in [0.1, 0.15) is 0 Å². The summed E-state index contributed by atoms with van der Waals surface area (Å²) in [6, 6.07) is 11.8. The zero-order chi connectivity index (χ0) is 28.7. The number of anilines is 2. The molecule has 1 aromatic heterocycles. The number of thiophene rings is 1. The number of methoxy groups -OCH3 is 2. The van der Waals surface area contributed by atoms with Crippen LogP contribution >= 0.6 is 11.3 Å². The summed E-state index contributed by atoms with van der Waals surface area (Å²) in [6.45, 7) is 0.562. The lowest BCUT2D eigenvalue weighted by Crippen LogP contribution is -2.40. The van der Waals surface area contributed by atoms with Gasteiger partial charge in [0, 0.05) is 30.9 Å². The Kier molecular flexibility index (Phi) is 9.37. The van der Waals surface area contributed by atoms with Crippen molar-refractivity contribution in [3.63, 3.8) is 0 Å². The molecule has 0 bridgehead atoms. The van der Waals surface area contributed by atoms with Crippen LogP contribution in [0.3, 0.4) is 0 Å². The average Bonchev–Trinajstić information content (AvgIpc) is 3.52. The third kappa shape index (κ3) is 6.77. The van der Waals surface area contributed by atoms with Gasteiger partial charge < -0.3 is 29.6 Å². The lowest BCUT2D eigenvalue weighted by molar-refractivity contribution is -0.119. The van der Waals surface area contributed by atoms with Crippen LogP contribution in [0.2, 0.25) is 0 Å². The van der Waals surface area contributed by atoms with E-state index in [9.17, 15) is 22.8 Å².